The second-order valence-corrected chi connectivity index (χ2v) is 7.31. The van der Waals surface area contributed by atoms with Crippen molar-refractivity contribution in [3.8, 4) is 0 Å². The second-order valence-electron chi connectivity index (χ2n) is 7.31. The molecule has 1 aromatic heterocycles. The molecule has 0 atom stereocenters. The Labute approximate surface area is 153 Å². The van der Waals surface area contributed by atoms with Crippen molar-refractivity contribution < 1.29 is 14.7 Å². The fraction of sp³-hybridized carbons (Fsp3) is 0.722. The number of urea groups is 1. The van der Waals surface area contributed by atoms with Gasteiger partial charge in [-0.3, -0.25) is 14.4 Å². The quantitative estimate of drug-likeness (QED) is 0.672. The lowest BCUT2D eigenvalue weighted by Gasteiger charge is -2.42. The number of aliphatic carboxylic acids is 1. The van der Waals surface area contributed by atoms with Crippen molar-refractivity contribution in [2.45, 2.75) is 64.1 Å². The highest BCUT2D eigenvalue weighted by Gasteiger charge is 2.34. The summed E-state index contributed by atoms with van der Waals surface area (Å²) in [7, 11) is 1.94. The largest absolute Gasteiger partial charge is 0.480 e. The highest BCUT2D eigenvalue weighted by atomic mass is 16.4. The van der Waals surface area contributed by atoms with E-state index in [1.807, 2.05) is 23.6 Å². The zero-order chi connectivity index (χ0) is 18.7. The fourth-order valence-electron chi connectivity index (χ4n) is 4.05. The molecule has 0 aromatic carbocycles. The molecule has 2 aliphatic carbocycles. The molecule has 8 nitrogen and oxygen atoms in total. The molecule has 1 heterocycles. The SMILES string of the molecule is CCN(CC(=O)O)C1CC(NC(=O)NCc2c3c(nn2C)CCCC3)C1. The smallest absolute Gasteiger partial charge is 0.317 e. The Bertz CT molecular complexity index is 666. The van der Waals surface area contributed by atoms with E-state index < -0.39 is 5.97 Å². The summed E-state index contributed by atoms with van der Waals surface area (Å²) in [4.78, 5) is 25.0. The number of carboxylic acid groups (broad SMARTS) is 1. The minimum absolute atomic E-state index is 0.0612. The van der Waals surface area contributed by atoms with Crippen LogP contribution in [0.4, 0.5) is 4.79 Å². The van der Waals surface area contributed by atoms with Gasteiger partial charge in [0.2, 0.25) is 0 Å². The summed E-state index contributed by atoms with van der Waals surface area (Å²) in [6.45, 7) is 3.22. The molecule has 0 saturated heterocycles. The lowest BCUT2D eigenvalue weighted by molar-refractivity contribution is -0.139. The third kappa shape index (κ3) is 4.17. The highest BCUT2D eigenvalue weighted by Crippen LogP contribution is 2.26. The van der Waals surface area contributed by atoms with E-state index in [1.54, 1.807) is 0 Å². The molecule has 144 valence electrons. The van der Waals surface area contributed by atoms with Gasteiger partial charge in [-0.1, -0.05) is 6.92 Å². The van der Waals surface area contributed by atoms with E-state index in [1.165, 1.54) is 24.1 Å². The van der Waals surface area contributed by atoms with Crippen LogP contribution in [0, 0.1) is 0 Å². The minimum Gasteiger partial charge on any atom is -0.480 e. The Kier molecular flexibility index (Phi) is 5.80. The Balaban J connectivity index is 1.43. The Morgan fingerprint density at radius 3 is 2.73 bits per heavy atom. The Morgan fingerprint density at radius 2 is 2.04 bits per heavy atom. The van der Waals surface area contributed by atoms with E-state index >= 15 is 0 Å². The number of aryl methyl sites for hydroxylation is 2. The molecule has 0 aliphatic heterocycles. The Morgan fingerprint density at radius 1 is 1.31 bits per heavy atom. The molecule has 0 radical (unpaired) electrons. The van der Waals surface area contributed by atoms with E-state index in [0.29, 0.717) is 13.1 Å². The van der Waals surface area contributed by atoms with Crippen LogP contribution in [0.25, 0.3) is 0 Å². The van der Waals surface area contributed by atoms with Gasteiger partial charge in [0.15, 0.2) is 0 Å². The number of nitrogens with one attached hydrogen (secondary N) is 2. The van der Waals surface area contributed by atoms with Crippen molar-refractivity contribution in [2.75, 3.05) is 13.1 Å². The molecule has 2 aliphatic rings. The van der Waals surface area contributed by atoms with Gasteiger partial charge in [0, 0.05) is 19.1 Å². The van der Waals surface area contributed by atoms with Crippen LogP contribution in [0.2, 0.25) is 0 Å². The van der Waals surface area contributed by atoms with Gasteiger partial charge in [-0.25, -0.2) is 4.79 Å². The maximum Gasteiger partial charge on any atom is 0.317 e. The van der Waals surface area contributed by atoms with Crippen LogP contribution in [-0.2, 0) is 31.2 Å². The number of nitrogens with zero attached hydrogens (tertiary/aromatic N) is 3. The van der Waals surface area contributed by atoms with Crippen LogP contribution in [-0.4, -0.2) is 57.0 Å². The molecule has 3 rings (SSSR count). The molecule has 3 N–H and O–H groups in total. The summed E-state index contributed by atoms with van der Waals surface area (Å²) < 4.78 is 1.89. The van der Waals surface area contributed by atoms with Gasteiger partial charge >= 0.3 is 12.0 Å². The summed E-state index contributed by atoms with van der Waals surface area (Å²) in [6.07, 6.45) is 6.05. The predicted molar refractivity (Wildman–Crippen MR) is 96.9 cm³/mol. The molecule has 0 unspecified atom stereocenters. The van der Waals surface area contributed by atoms with E-state index in [2.05, 4.69) is 15.7 Å². The van der Waals surface area contributed by atoms with E-state index in [0.717, 1.165) is 31.4 Å². The zero-order valence-corrected chi connectivity index (χ0v) is 15.6. The second kappa shape index (κ2) is 8.07. The number of likely N-dealkylation sites (N-methyl/N-ethyl adjacent to an activating group) is 1. The molecule has 1 aromatic rings. The number of rotatable bonds is 7. The van der Waals surface area contributed by atoms with Gasteiger partial charge in [-0.15, -0.1) is 0 Å². The number of carbonyl (C=O) groups excluding carboxylic acids is 1. The summed E-state index contributed by atoms with van der Waals surface area (Å²) in [5.74, 6) is -0.805. The van der Waals surface area contributed by atoms with Crippen molar-refractivity contribution in [3.63, 3.8) is 0 Å². The zero-order valence-electron chi connectivity index (χ0n) is 15.6. The number of fused-ring (bicyclic) bond motifs is 1. The van der Waals surface area contributed by atoms with Crippen molar-refractivity contribution in [1.29, 1.82) is 0 Å². The molecule has 0 bridgehead atoms. The minimum atomic E-state index is -0.805. The summed E-state index contributed by atoms with van der Waals surface area (Å²) in [6, 6.07) is 0.189. The molecule has 2 amide bonds. The summed E-state index contributed by atoms with van der Waals surface area (Å²) in [5, 5.41) is 19.4. The van der Waals surface area contributed by atoms with Crippen molar-refractivity contribution in [3.05, 3.63) is 17.0 Å². The standard InChI is InChI=1S/C18H29N5O3/c1-3-23(11-17(24)25)13-8-12(9-13)20-18(26)19-10-16-14-6-4-5-7-15(14)21-22(16)2/h12-13H,3-11H2,1-2H3,(H,24,25)(H2,19,20,26). The lowest BCUT2D eigenvalue weighted by Crippen LogP contribution is -2.56. The van der Waals surface area contributed by atoms with E-state index in [4.69, 9.17) is 5.11 Å². The van der Waals surface area contributed by atoms with Gasteiger partial charge in [-0.2, -0.15) is 5.10 Å². The molecular formula is C18H29N5O3. The number of hydrogen-bond acceptors (Lipinski definition) is 4. The third-order valence-electron chi connectivity index (χ3n) is 5.57. The van der Waals surface area contributed by atoms with Crippen LogP contribution < -0.4 is 10.6 Å². The van der Waals surface area contributed by atoms with Crippen LogP contribution in [0.5, 0.6) is 0 Å². The maximum absolute atomic E-state index is 12.2. The average molecular weight is 363 g/mol. The number of amides is 2. The van der Waals surface area contributed by atoms with Crippen molar-refractivity contribution in [1.82, 2.24) is 25.3 Å². The third-order valence-corrected chi connectivity index (χ3v) is 5.57. The first-order valence-corrected chi connectivity index (χ1v) is 9.51. The fourth-order valence-corrected chi connectivity index (χ4v) is 4.05. The molecule has 8 heteroatoms. The Hall–Kier alpha value is -2.09. The first-order valence-electron chi connectivity index (χ1n) is 9.51. The summed E-state index contributed by atoms with van der Waals surface area (Å²) >= 11 is 0. The topological polar surface area (TPSA) is 99.5 Å². The van der Waals surface area contributed by atoms with Gasteiger partial charge in [0.05, 0.1) is 24.5 Å². The van der Waals surface area contributed by atoms with Crippen molar-refractivity contribution >= 4 is 12.0 Å². The van der Waals surface area contributed by atoms with Gasteiger partial charge in [0.1, 0.15) is 0 Å². The van der Waals surface area contributed by atoms with Crippen molar-refractivity contribution in [2.24, 2.45) is 7.05 Å². The number of hydrogen-bond donors (Lipinski definition) is 3. The molecular weight excluding hydrogens is 334 g/mol. The maximum atomic E-state index is 12.2. The lowest BCUT2D eigenvalue weighted by atomic mass is 9.85. The van der Waals surface area contributed by atoms with Gasteiger partial charge in [0.25, 0.3) is 0 Å². The first-order chi connectivity index (χ1) is 12.5. The predicted octanol–water partition coefficient (Wildman–Crippen LogP) is 1.04. The van der Waals surface area contributed by atoms with Crippen LogP contribution >= 0.6 is 0 Å². The average Bonchev–Trinajstić information content (AvgIpc) is 2.89. The van der Waals surface area contributed by atoms with E-state index in [9.17, 15) is 9.59 Å². The van der Waals surface area contributed by atoms with E-state index in [-0.39, 0.29) is 24.7 Å². The van der Waals surface area contributed by atoms with Crippen LogP contribution in [0.15, 0.2) is 0 Å². The van der Waals surface area contributed by atoms with Crippen LogP contribution in [0.1, 0.15) is 49.6 Å². The highest BCUT2D eigenvalue weighted by molar-refractivity contribution is 5.74. The van der Waals surface area contributed by atoms with Gasteiger partial charge in [-0.05, 0) is 50.6 Å². The summed E-state index contributed by atoms with van der Waals surface area (Å²) in [5.41, 5.74) is 3.57. The van der Waals surface area contributed by atoms with Gasteiger partial charge < -0.3 is 15.7 Å². The van der Waals surface area contributed by atoms with Crippen LogP contribution in [0.3, 0.4) is 0 Å². The number of aromatic nitrogens is 2. The number of carbonyl (C=O) groups is 2. The monoisotopic (exact) mass is 363 g/mol. The number of carboxylic acids is 1. The molecule has 1 saturated carbocycles. The molecule has 1 fully saturated rings. The first kappa shape index (κ1) is 18.7. The molecule has 0 spiro atoms. The normalized spacial score (nSPS) is 21.8. The molecule has 26 heavy (non-hydrogen) atoms.